The zero-order chi connectivity index (χ0) is 14.4. The molecule has 0 aliphatic carbocycles. The molecule has 104 valence electrons. The lowest BCUT2D eigenvalue weighted by Gasteiger charge is -2.43. The van der Waals surface area contributed by atoms with Gasteiger partial charge in [0.1, 0.15) is 0 Å². The maximum absolute atomic E-state index is 12.2. The fraction of sp³-hybridized carbons (Fsp3) is 0.211. The summed E-state index contributed by atoms with van der Waals surface area (Å²) in [6.07, 6.45) is 4.67. The van der Waals surface area contributed by atoms with Gasteiger partial charge in [0, 0.05) is 17.2 Å². The highest BCUT2D eigenvalue weighted by Gasteiger charge is 2.43. The summed E-state index contributed by atoms with van der Waals surface area (Å²) in [5, 5.41) is 0. The van der Waals surface area contributed by atoms with Crippen molar-refractivity contribution < 1.29 is 4.79 Å². The quantitative estimate of drug-likeness (QED) is 0.777. The number of rotatable bonds is 1. The molecular weight excluding hydrogens is 258 g/mol. The van der Waals surface area contributed by atoms with E-state index in [2.05, 4.69) is 49.4 Å². The standard InChI is InChI=1S/C19H17NO/c1-19(14-7-3-2-4-8-14)13-15-11-12-18(21)20(15)17-10-6-5-9-16(17)19/h2-12,15H,13H2,1H3/t15-,19-/m1/s1. The molecule has 0 radical (unpaired) electrons. The minimum Gasteiger partial charge on any atom is -0.302 e. The van der Waals surface area contributed by atoms with Gasteiger partial charge in [-0.3, -0.25) is 4.79 Å². The van der Waals surface area contributed by atoms with Crippen LogP contribution < -0.4 is 4.90 Å². The molecule has 0 saturated carbocycles. The third kappa shape index (κ3) is 1.69. The molecule has 0 saturated heterocycles. The van der Waals surface area contributed by atoms with Gasteiger partial charge in [-0.15, -0.1) is 0 Å². The van der Waals surface area contributed by atoms with Gasteiger partial charge in [-0.25, -0.2) is 0 Å². The van der Waals surface area contributed by atoms with Crippen molar-refractivity contribution in [2.24, 2.45) is 0 Å². The van der Waals surface area contributed by atoms with Gasteiger partial charge in [-0.1, -0.05) is 61.5 Å². The molecule has 2 heteroatoms. The largest absolute Gasteiger partial charge is 0.302 e. The van der Waals surface area contributed by atoms with Crippen LogP contribution in [0.25, 0.3) is 0 Å². The third-order valence-electron chi connectivity index (χ3n) is 4.82. The van der Waals surface area contributed by atoms with E-state index in [9.17, 15) is 4.79 Å². The summed E-state index contributed by atoms with van der Waals surface area (Å²) in [6.45, 7) is 2.29. The molecule has 2 aliphatic heterocycles. The van der Waals surface area contributed by atoms with Crippen molar-refractivity contribution in [3.63, 3.8) is 0 Å². The van der Waals surface area contributed by atoms with Crippen molar-refractivity contribution in [2.45, 2.75) is 24.8 Å². The van der Waals surface area contributed by atoms with E-state index in [1.165, 1.54) is 11.1 Å². The SMILES string of the molecule is C[C@]1(c2ccccc2)C[C@H]2C=CC(=O)N2c2ccccc21. The number of para-hydroxylation sites is 1. The van der Waals surface area contributed by atoms with E-state index in [1.54, 1.807) is 6.08 Å². The summed E-state index contributed by atoms with van der Waals surface area (Å²) in [6, 6.07) is 19.1. The van der Waals surface area contributed by atoms with Crippen LogP contribution in [0, 0.1) is 0 Å². The third-order valence-corrected chi connectivity index (χ3v) is 4.82. The first-order valence-corrected chi connectivity index (χ1v) is 7.36. The van der Waals surface area contributed by atoms with Crippen LogP contribution in [-0.4, -0.2) is 11.9 Å². The predicted molar refractivity (Wildman–Crippen MR) is 84.4 cm³/mol. The molecule has 2 heterocycles. The number of nitrogens with zero attached hydrogens (tertiary/aromatic N) is 1. The average Bonchev–Trinajstić information content (AvgIpc) is 2.89. The van der Waals surface area contributed by atoms with E-state index in [0.717, 1.165) is 12.1 Å². The van der Waals surface area contributed by atoms with Crippen LogP contribution in [0.1, 0.15) is 24.5 Å². The first-order valence-electron chi connectivity index (χ1n) is 7.36. The number of hydrogen-bond acceptors (Lipinski definition) is 1. The van der Waals surface area contributed by atoms with Crippen molar-refractivity contribution in [1.82, 2.24) is 0 Å². The maximum Gasteiger partial charge on any atom is 0.251 e. The van der Waals surface area contributed by atoms with E-state index in [4.69, 9.17) is 0 Å². The van der Waals surface area contributed by atoms with Gasteiger partial charge in [0.05, 0.1) is 6.04 Å². The van der Waals surface area contributed by atoms with Crippen molar-refractivity contribution >= 4 is 11.6 Å². The van der Waals surface area contributed by atoms with E-state index in [0.29, 0.717) is 0 Å². The second kappa shape index (κ2) is 4.32. The molecule has 0 bridgehead atoms. The number of carbonyl (C=O) groups excluding carboxylic acids is 1. The minimum atomic E-state index is -0.0615. The Morgan fingerprint density at radius 3 is 2.57 bits per heavy atom. The van der Waals surface area contributed by atoms with Crippen LogP contribution >= 0.6 is 0 Å². The summed E-state index contributed by atoms with van der Waals surface area (Å²) in [4.78, 5) is 14.1. The minimum absolute atomic E-state index is 0.0615. The Bertz CT molecular complexity index is 734. The molecule has 0 spiro atoms. The molecule has 2 aliphatic rings. The van der Waals surface area contributed by atoms with Gasteiger partial charge in [-0.05, 0) is 23.6 Å². The molecule has 21 heavy (non-hydrogen) atoms. The molecule has 2 nitrogen and oxygen atoms in total. The number of hydrogen-bond donors (Lipinski definition) is 0. The summed E-state index contributed by atoms with van der Waals surface area (Å²) >= 11 is 0. The molecular formula is C19H17NO. The molecule has 2 aromatic rings. The second-order valence-electron chi connectivity index (χ2n) is 6.05. The lowest BCUT2D eigenvalue weighted by molar-refractivity contribution is -0.114. The van der Waals surface area contributed by atoms with Crippen molar-refractivity contribution in [3.05, 3.63) is 77.9 Å². The van der Waals surface area contributed by atoms with Crippen LogP contribution in [0.3, 0.4) is 0 Å². The molecule has 1 amide bonds. The highest BCUT2D eigenvalue weighted by Crippen LogP contribution is 2.47. The summed E-state index contributed by atoms with van der Waals surface area (Å²) in [7, 11) is 0. The highest BCUT2D eigenvalue weighted by atomic mass is 16.2. The van der Waals surface area contributed by atoms with Gasteiger partial charge in [0.15, 0.2) is 0 Å². The van der Waals surface area contributed by atoms with Gasteiger partial charge in [0.2, 0.25) is 0 Å². The first-order chi connectivity index (χ1) is 10.2. The Morgan fingerprint density at radius 1 is 1.05 bits per heavy atom. The smallest absolute Gasteiger partial charge is 0.251 e. The van der Waals surface area contributed by atoms with Gasteiger partial charge >= 0.3 is 0 Å². The fourth-order valence-electron chi connectivity index (χ4n) is 3.74. The van der Waals surface area contributed by atoms with Crippen LogP contribution in [0.15, 0.2) is 66.7 Å². The Morgan fingerprint density at radius 2 is 1.76 bits per heavy atom. The van der Waals surface area contributed by atoms with E-state index >= 15 is 0 Å². The molecule has 0 unspecified atom stereocenters. The number of amides is 1. The Hall–Kier alpha value is -2.35. The molecule has 0 fully saturated rings. The Kier molecular flexibility index (Phi) is 2.55. The maximum atomic E-state index is 12.2. The topological polar surface area (TPSA) is 20.3 Å². The van der Waals surface area contributed by atoms with E-state index in [1.807, 2.05) is 23.1 Å². The first kappa shape index (κ1) is 12.4. The number of carbonyl (C=O) groups is 1. The lowest BCUT2D eigenvalue weighted by atomic mass is 9.69. The van der Waals surface area contributed by atoms with Crippen LogP contribution in [-0.2, 0) is 10.2 Å². The van der Waals surface area contributed by atoms with Crippen molar-refractivity contribution in [1.29, 1.82) is 0 Å². The Balaban J connectivity index is 1.94. The normalized spacial score (nSPS) is 26.6. The van der Waals surface area contributed by atoms with Crippen molar-refractivity contribution in [3.8, 4) is 0 Å². The van der Waals surface area contributed by atoms with Crippen LogP contribution in [0.5, 0.6) is 0 Å². The molecule has 4 rings (SSSR count). The van der Waals surface area contributed by atoms with Crippen LogP contribution in [0.4, 0.5) is 5.69 Å². The van der Waals surface area contributed by atoms with Gasteiger partial charge < -0.3 is 4.90 Å². The zero-order valence-electron chi connectivity index (χ0n) is 12.0. The van der Waals surface area contributed by atoms with Crippen molar-refractivity contribution in [2.75, 3.05) is 4.90 Å². The predicted octanol–water partition coefficient (Wildman–Crippen LogP) is 3.67. The van der Waals surface area contributed by atoms with Gasteiger partial charge in [-0.2, -0.15) is 0 Å². The fourth-order valence-corrected chi connectivity index (χ4v) is 3.74. The number of fused-ring (bicyclic) bond motifs is 3. The van der Waals surface area contributed by atoms with Gasteiger partial charge in [0.25, 0.3) is 5.91 Å². The molecule has 0 N–H and O–H groups in total. The lowest BCUT2D eigenvalue weighted by Crippen LogP contribution is -2.45. The highest BCUT2D eigenvalue weighted by molar-refractivity contribution is 6.06. The zero-order valence-corrected chi connectivity index (χ0v) is 12.0. The number of benzene rings is 2. The second-order valence-corrected chi connectivity index (χ2v) is 6.05. The summed E-state index contributed by atoms with van der Waals surface area (Å²) < 4.78 is 0. The number of anilines is 1. The average molecular weight is 275 g/mol. The molecule has 0 aromatic heterocycles. The van der Waals surface area contributed by atoms with E-state index in [-0.39, 0.29) is 17.4 Å². The van der Waals surface area contributed by atoms with E-state index < -0.39 is 0 Å². The summed E-state index contributed by atoms with van der Waals surface area (Å²) in [5.41, 5.74) is 3.54. The summed E-state index contributed by atoms with van der Waals surface area (Å²) in [5.74, 6) is 0.0996. The van der Waals surface area contributed by atoms with Crippen LogP contribution in [0.2, 0.25) is 0 Å². The molecule has 2 atom stereocenters. The molecule has 2 aromatic carbocycles. The monoisotopic (exact) mass is 275 g/mol. The Labute approximate surface area is 124 Å².